The summed E-state index contributed by atoms with van der Waals surface area (Å²) in [5, 5.41) is 0. The minimum atomic E-state index is -4.71. The first kappa shape index (κ1) is 20.5. The van der Waals surface area contributed by atoms with Gasteiger partial charge in [0.2, 0.25) is 0 Å². The Kier molecular flexibility index (Phi) is 6.54. The first-order chi connectivity index (χ1) is 14.0. The van der Waals surface area contributed by atoms with E-state index in [0.717, 1.165) is 5.56 Å². The van der Waals surface area contributed by atoms with Crippen molar-refractivity contribution in [1.82, 2.24) is 0 Å². The number of benzene rings is 3. The van der Waals surface area contributed by atoms with Crippen LogP contribution in [0.3, 0.4) is 0 Å². The van der Waals surface area contributed by atoms with E-state index in [2.05, 4.69) is 0 Å². The number of carbonyl (C=O) groups is 1. The average Bonchev–Trinajstić information content (AvgIpc) is 2.72. The summed E-state index contributed by atoms with van der Waals surface area (Å²) >= 11 is 0. The number of carbonyl (C=O) groups excluding carboxylic acids is 1. The Morgan fingerprint density at radius 2 is 1.31 bits per heavy atom. The van der Waals surface area contributed by atoms with Crippen LogP contribution in [0.15, 0.2) is 72.8 Å². The predicted molar refractivity (Wildman–Crippen MR) is 103 cm³/mol. The second-order valence-electron chi connectivity index (χ2n) is 6.34. The van der Waals surface area contributed by atoms with E-state index < -0.39 is 11.7 Å². The molecule has 0 N–H and O–H groups in total. The van der Waals surface area contributed by atoms with Crippen molar-refractivity contribution in [2.75, 3.05) is 0 Å². The molecule has 0 aliphatic carbocycles. The third-order valence-electron chi connectivity index (χ3n) is 4.25. The van der Waals surface area contributed by atoms with Crippen molar-refractivity contribution < 1.29 is 27.4 Å². The van der Waals surface area contributed by atoms with Gasteiger partial charge in [-0.1, -0.05) is 66.7 Å². The van der Waals surface area contributed by atoms with Crippen LogP contribution in [0.25, 0.3) is 0 Å². The van der Waals surface area contributed by atoms with Crippen LogP contribution in [0.2, 0.25) is 0 Å². The third-order valence-corrected chi connectivity index (χ3v) is 4.25. The zero-order valence-electron chi connectivity index (χ0n) is 15.5. The number of halogens is 3. The Hall–Kier alpha value is -3.28. The van der Waals surface area contributed by atoms with Gasteiger partial charge in [-0.15, -0.1) is 0 Å². The maximum absolute atomic E-state index is 13.9. The van der Waals surface area contributed by atoms with Crippen molar-refractivity contribution in [3.05, 3.63) is 95.1 Å². The predicted octanol–water partition coefficient (Wildman–Crippen LogP) is 5.60. The largest absolute Gasteiger partial charge is 0.488 e. The van der Waals surface area contributed by atoms with E-state index >= 15 is 0 Å². The number of aldehydes is 1. The van der Waals surface area contributed by atoms with Gasteiger partial charge >= 0.3 is 6.18 Å². The molecule has 29 heavy (non-hydrogen) atoms. The first-order valence-electron chi connectivity index (χ1n) is 8.99. The lowest BCUT2D eigenvalue weighted by Crippen LogP contribution is -2.14. The Morgan fingerprint density at radius 3 is 1.83 bits per heavy atom. The molecule has 3 rings (SSSR count). The van der Waals surface area contributed by atoms with E-state index in [1.165, 1.54) is 12.1 Å². The van der Waals surface area contributed by atoms with Crippen LogP contribution in [-0.2, 0) is 30.6 Å². The van der Waals surface area contributed by atoms with Crippen LogP contribution in [0.5, 0.6) is 11.5 Å². The summed E-state index contributed by atoms with van der Waals surface area (Å²) in [6, 6.07) is 20.4. The highest BCUT2D eigenvalue weighted by Gasteiger charge is 2.39. The number of ether oxygens (including phenoxy) is 2. The van der Waals surface area contributed by atoms with Crippen LogP contribution in [-0.4, -0.2) is 6.29 Å². The van der Waals surface area contributed by atoms with E-state index in [9.17, 15) is 18.0 Å². The van der Waals surface area contributed by atoms with E-state index in [1.807, 2.05) is 6.07 Å². The minimum Gasteiger partial charge on any atom is -0.488 e. The summed E-state index contributed by atoms with van der Waals surface area (Å²) in [4.78, 5) is 11.0. The van der Waals surface area contributed by atoms with Crippen LogP contribution < -0.4 is 9.47 Å². The standard InChI is InChI=1S/C23H19F3O3/c24-23(25,26)21-20(28-15-17-7-3-1-4-8-17)12-11-19(13-14-27)22(21)29-16-18-9-5-2-6-10-18/h1-12,14H,13,15-16H2. The molecule has 150 valence electrons. The average molecular weight is 400 g/mol. The molecular formula is C23H19F3O3. The summed E-state index contributed by atoms with van der Waals surface area (Å²) in [6.45, 7) is -0.0764. The first-order valence-corrected chi connectivity index (χ1v) is 8.99. The van der Waals surface area contributed by atoms with E-state index in [1.54, 1.807) is 54.6 Å². The Morgan fingerprint density at radius 1 is 0.759 bits per heavy atom. The van der Waals surface area contributed by atoms with Gasteiger partial charge in [-0.25, -0.2) is 0 Å². The molecular weight excluding hydrogens is 381 g/mol. The van der Waals surface area contributed by atoms with Crippen LogP contribution in [0.4, 0.5) is 13.2 Å². The number of rotatable bonds is 8. The number of hydrogen-bond donors (Lipinski definition) is 0. The lowest BCUT2D eigenvalue weighted by Gasteiger charge is -2.21. The van der Waals surface area contributed by atoms with Gasteiger partial charge in [0.05, 0.1) is 0 Å². The molecule has 0 saturated carbocycles. The summed E-state index contributed by atoms with van der Waals surface area (Å²) in [5.74, 6) is -0.710. The maximum Gasteiger partial charge on any atom is 0.423 e. The fourth-order valence-corrected chi connectivity index (χ4v) is 2.88. The van der Waals surface area contributed by atoms with E-state index in [0.29, 0.717) is 11.8 Å². The lowest BCUT2D eigenvalue weighted by molar-refractivity contribution is -0.140. The second-order valence-corrected chi connectivity index (χ2v) is 6.34. The molecule has 0 spiro atoms. The molecule has 3 aromatic rings. The molecule has 3 aromatic carbocycles. The topological polar surface area (TPSA) is 35.5 Å². The van der Waals surface area contributed by atoms with Gasteiger partial charge in [0.25, 0.3) is 0 Å². The SMILES string of the molecule is O=CCc1ccc(OCc2ccccc2)c(C(F)(F)F)c1OCc1ccccc1. The van der Waals surface area contributed by atoms with Crippen molar-refractivity contribution in [3.8, 4) is 11.5 Å². The second kappa shape index (κ2) is 9.28. The smallest absolute Gasteiger partial charge is 0.423 e. The van der Waals surface area contributed by atoms with Crippen molar-refractivity contribution in [3.63, 3.8) is 0 Å². The molecule has 0 saturated heterocycles. The van der Waals surface area contributed by atoms with Crippen molar-refractivity contribution in [2.24, 2.45) is 0 Å². The summed E-state index contributed by atoms with van der Waals surface area (Å²) < 4.78 is 52.9. The highest BCUT2D eigenvalue weighted by Crippen LogP contribution is 2.45. The molecule has 0 fully saturated rings. The van der Waals surface area contributed by atoms with Crippen molar-refractivity contribution >= 4 is 6.29 Å². The molecule has 0 aliphatic heterocycles. The maximum atomic E-state index is 13.9. The number of alkyl halides is 3. The summed E-state index contributed by atoms with van der Waals surface area (Å²) in [7, 11) is 0. The lowest BCUT2D eigenvalue weighted by atomic mass is 10.0. The van der Waals surface area contributed by atoms with Crippen molar-refractivity contribution in [2.45, 2.75) is 25.8 Å². The summed E-state index contributed by atoms with van der Waals surface area (Å²) in [6.07, 6.45) is -4.35. The van der Waals surface area contributed by atoms with Gasteiger partial charge in [0.1, 0.15) is 36.6 Å². The van der Waals surface area contributed by atoms with Gasteiger partial charge < -0.3 is 14.3 Å². The zero-order chi connectivity index (χ0) is 20.7. The van der Waals surface area contributed by atoms with E-state index in [4.69, 9.17) is 9.47 Å². The Balaban J connectivity index is 1.96. The normalized spacial score (nSPS) is 11.1. The molecule has 0 amide bonds. The Labute approximate surface area is 166 Å². The van der Waals surface area contributed by atoms with E-state index in [-0.39, 0.29) is 36.7 Å². The molecule has 6 heteroatoms. The Bertz CT molecular complexity index is 939. The highest BCUT2D eigenvalue weighted by molar-refractivity contribution is 5.61. The molecule has 0 atom stereocenters. The number of hydrogen-bond acceptors (Lipinski definition) is 3. The van der Waals surface area contributed by atoms with Crippen LogP contribution >= 0.6 is 0 Å². The van der Waals surface area contributed by atoms with Gasteiger partial charge in [-0.3, -0.25) is 0 Å². The quantitative estimate of drug-likeness (QED) is 0.462. The minimum absolute atomic E-state index is 0.0188. The van der Waals surface area contributed by atoms with Gasteiger partial charge in [-0.2, -0.15) is 13.2 Å². The fourth-order valence-electron chi connectivity index (χ4n) is 2.88. The van der Waals surface area contributed by atoms with Gasteiger partial charge in [-0.05, 0) is 17.2 Å². The third kappa shape index (κ3) is 5.38. The van der Waals surface area contributed by atoms with Gasteiger partial charge in [0.15, 0.2) is 0 Å². The molecule has 0 bridgehead atoms. The fraction of sp³-hybridized carbons (Fsp3) is 0.174. The molecule has 0 aliphatic rings. The summed E-state index contributed by atoms with van der Waals surface area (Å²) in [5.41, 5.74) is 0.608. The highest BCUT2D eigenvalue weighted by atomic mass is 19.4. The van der Waals surface area contributed by atoms with Crippen molar-refractivity contribution in [1.29, 1.82) is 0 Å². The van der Waals surface area contributed by atoms with Gasteiger partial charge in [0, 0.05) is 12.0 Å². The van der Waals surface area contributed by atoms with Crippen LogP contribution in [0, 0.1) is 0 Å². The van der Waals surface area contributed by atoms with Crippen LogP contribution in [0.1, 0.15) is 22.3 Å². The molecule has 0 radical (unpaired) electrons. The molecule has 3 nitrogen and oxygen atoms in total. The molecule has 0 unspecified atom stereocenters. The zero-order valence-corrected chi connectivity index (χ0v) is 15.5. The molecule has 0 heterocycles. The monoisotopic (exact) mass is 400 g/mol. The molecule has 0 aromatic heterocycles.